The highest BCUT2D eigenvalue weighted by Crippen LogP contribution is 2.25. The lowest BCUT2D eigenvalue weighted by atomic mass is 10.1. The zero-order chi connectivity index (χ0) is 13.8. The molecular weight excluding hydrogens is 306 g/mol. The molecule has 0 saturated heterocycles. The second-order valence-corrected chi connectivity index (χ2v) is 5.04. The van der Waals surface area contributed by atoms with Gasteiger partial charge < -0.3 is 4.74 Å². The first-order chi connectivity index (χ1) is 9.06. The number of carbonyl (C=O) groups excluding carboxylic acids is 1. The van der Waals surface area contributed by atoms with Gasteiger partial charge in [-0.25, -0.2) is 4.79 Å². The Balaban J connectivity index is 2.07. The number of nitrogens with one attached hydrogen (secondary N) is 1. The van der Waals surface area contributed by atoms with Crippen LogP contribution in [0.2, 0.25) is 0 Å². The molecule has 98 valence electrons. The predicted octanol–water partition coefficient (Wildman–Crippen LogP) is 4.68. The van der Waals surface area contributed by atoms with Crippen molar-refractivity contribution in [3.05, 3.63) is 58.1 Å². The molecule has 2 aromatic rings. The van der Waals surface area contributed by atoms with Crippen LogP contribution in [0.1, 0.15) is 11.1 Å². The average molecular weight is 320 g/mol. The fourth-order valence-corrected chi connectivity index (χ4v) is 1.99. The normalized spacial score (nSPS) is 10.1. The van der Waals surface area contributed by atoms with Crippen molar-refractivity contribution in [3.63, 3.8) is 0 Å². The van der Waals surface area contributed by atoms with Crippen molar-refractivity contribution >= 4 is 27.7 Å². The first kappa shape index (κ1) is 13.6. The van der Waals surface area contributed by atoms with Gasteiger partial charge in [0.05, 0.1) is 0 Å². The molecular formula is C15H14BrNO2. The minimum Gasteiger partial charge on any atom is -0.410 e. The number of aryl methyl sites for hydroxylation is 2. The van der Waals surface area contributed by atoms with Crippen molar-refractivity contribution in [2.75, 3.05) is 5.32 Å². The van der Waals surface area contributed by atoms with E-state index in [0.29, 0.717) is 5.75 Å². The summed E-state index contributed by atoms with van der Waals surface area (Å²) in [5, 5.41) is 2.72. The number of anilines is 1. The number of hydrogen-bond donors (Lipinski definition) is 1. The molecule has 0 saturated carbocycles. The Morgan fingerprint density at radius 2 is 1.68 bits per heavy atom. The second kappa shape index (κ2) is 5.89. The average Bonchev–Trinajstić information content (AvgIpc) is 2.37. The van der Waals surface area contributed by atoms with Gasteiger partial charge in [-0.2, -0.15) is 0 Å². The van der Waals surface area contributed by atoms with E-state index >= 15 is 0 Å². The highest BCUT2D eigenvalue weighted by atomic mass is 79.9. The summed E-state index contributed by atoms with van der Waals surface area (Å²) in [6, 6.07) is 12.8. The maximum absolute atomic E-state index is 11.7. The third-order valence-electron chi connectivity index (χ3n) is 2.64. The molecule has 0 aliphatic carbocycles. The van der Waals surface area contributed by atoms with Crippen molar-refractivity contribution < 1.29 is 9.53 Å². The van der Waals surface area contributed by atoms with Gasteiger partial charge in [-0.1, -0.05) is 34.1 Å². The molecule has 0 bridgehead atoms. The Hall–Kier alpha value is -1.81. The largest absolute Gasteiger partial charge is 0.417 e. The molecule has 0 fully saturated rings. The zero-order valence-corrected chi connectivity index (χ0v) is 12.3. The monoisotopic (exact) mass is 319 g/mol. The quantitative estimate of drug-likeness (QED) is 0.873. The number of benzene rings is 2. The fourth-order valence-electron chi connectivity index (χ4n) is 1.76. The third kappa shape index (κ3) is 3.58. The zero-order valence-electron chi connectivity index (χ0n) is 10.7. The van der Waals surface area contributed by atoms with Crippen molar-refractivity contribution in [1.29, 1.82) is 0 Å². The second-order valence-electron chi connectivity index (χ2n) is 4.25. The first-order valence-corrected chi connectivity index (χ1v) is 6.66. The number of ether oxygens (including phenoxy) is 1. The number of rotatable bonds is 2. The molecule has 4 heteroatoms. The van der Waals surface area contributed by atoms with E-state index in [4.69, 9.17) is 4.74 Å². The lowest BCUT2D eigenvalue weighted by molar-refractivity contribution is 0.215. The Kier molecular flexibility index (Phi) is 4.22. The lowest BCUT2D eigenvalue weighted by Crippen LogP contribution is -2.16. The van der Waals surface area contributed by atoms with Gasteiger partial charge in [0.15, 0.2) is 0 Å². The smallest absolute Gasteiger partial charge is 0.410 e. The Morgan fingerprint density at radius 3 is 2.26 bits per heavy atom. The topological polar surface area (TPSA) is 38.3 Å². The molecule has 2 rings (SSSR count). The summed E-state index contributed by atoms with van der Waals surface area (Å²) in [5.41, 5.74) is 2.85. The van der Waals surface area contributed by atoms with Gasteiger partial charge in [-0.3, -0.25) is 5.32 Å². The lowest BCUT2D eigenvalue weighted by Gasteiger charge is -2.10. The van der Waals surface area contributed by atoms with Crippen molar-refractivity contribution in [2.24, 2.45) is 0 Å². The molecule has 0 radical (unpaired) electrons. The summed E-state index contributed by atoms with van der Waals surface area (Å²) < 4.78 is 6.22. The highest BCUT2D eigenvalue weighted by Gasteiger charge is 2.07. The number of hydrogen-bond acceptors (Lipinski definition) is 2. The van der Waals surface area contributed by atoms with E-state index in [1.807, 2.05) is 44.2 Å². The molecule has 0 aliphatic heterocycles. The summed E-state index contributed by atoms with van der Waals surface area (Å²) in [4.78, 5) is 11.7. The molecule has 19 heavy (non-hydrogen) atoms. The molecule has 0 spiro atoms. The minimum absolute atomic E-state index is 0.493. The van der Waals surface area contributed by atoms with E-state index < -0.39 is 6.09 Å². The van der Waals surface area contributed by atoms with Gasteiger partial charge in [0.2, 0.25) is 0 Å². The summed E-state index contributed by atoms with van der Waals surface area (Å²) in [5.74, 6) is 0.519. The van der Waals surface area contributed by atoms with Crippen LogP contribution in [0.4, 0.5) is 10.5 Å². The number of para-hydroxylation sites is 1. The van der Waals surface area contributed by atoms with Gasteiger partial charge in [-0.05, 0) is 49.2 Å². The molecule has 0 aliphatic rings. The van der Waals surface area contributed by atoms with E-state index in [2.05, 4.69) is 21.2 Å². The molecule has 3 nitrogen and oxygen atoms in total. The van der Waals surface area contributed by atoms with E-state index in [1.54, 1.807) is 12.1 Å². The van der Waals surface area contributed by atoms with Crippen LogP contribution in [-0.4, -0.2) is 6.09 Å². The van der Waals surface area contributed by atoms with E-state index in [1.165, 1.54) is 0 Å². The van der Waals surface area contributed by atoms with Gasteiger partial charge in [0, 0.05) is 10.2 Å². The minimum atomic E-state index is -0.493. The first-order valence-electron chi connectivity index (χ1n) is 5.87. The van der Waals surface area contributed by atoms with E-state index in [0.717, 1.165) is 21.3 Å². The maximum atomic E-state index is 11.7. The molecule has 0 heterocycles. The molecule has 1 N–H and O–H groups in total. The Morgan fingerprint density at radius 1 is 1.11 bits per heavy atom. The molecule has 0 unspecified atom stereocenters. The van der Waals surface area contributed by atoms with Crippen LogP contribution in [0, 0.1) is 13.8 Å². The molecule has 0 atom stereocenters. The maximum Gasteiger partial charge on any atom is 0.417 e. The summed E-state index contributed by atoms with van der Waals surface area (Å²) in [6.45, 7) is 3.95. The predicted molar refractivity (Wildman–Crippen MR) is 79.7 cm³/mol. The van der Waals surface area contributed by atoms with Crippen molar-refractivity contribution in [3.8, 4) is 5.75 Å². The molecule has 0 aromatic heterocycles. The number of amides is 1. The van der Waals surface area contributed by atoms with Crippen LogP contribution in [0.5, 0.6) is 5.75 Å². The van der Waals surface area contributed by atoms with Gasteiger partial charge >= 0.3 is 6.09 Å². The summed E-state index contributed by atoms with van der Waals surface area (Å²) in [6.07, 6.45) is -0.493. The van der Waals surface area contributed by atoms with Gasteiger partial charge in [0.25, 0.3) is 0 Å². The number of carbonyl (C=O) groups is 1. The molecule has 1 amide bonds. The summed E-state index contributed by atoms with van der Waals surface area (Å²) >= 11 is 3.49. The van der Waals surface area contributed by atoms with Crippen LogP contribution in [0.3, 0.4) is 0 Å². The van der Waals surface area contributed by atoms with Crippen molar-refractivity contribution in [1.82, 2.24) is 0 Å². The Labute approximate surface area is 120 Å². The van der Waals surface area contributed by atoms with Gasteiger partial charge in [-0.15, -0.1) is 0 Å². The Bertz CT molecular complexity index is 573. The van der Waals surface area contributed by atoms with Crippen LogP contribution >= 0.6 is 15.9 Å². The standard InChI is InChI=1S/C15H14BrNO2/c1-10-8-12(9-11(2)14(10)16)17-15(18)19-13-6-4-3-5-7-13/h3-9H,1-2H3,(H,17,18). The van der Waals surface area contributed by atoms with Crippen LogP contribution in [0.25, 0.3) is 0 Å². The third-order valence-corrected chi connectivity index (χ3v) is 3.89. The van der Waals surface area contributed by atoms with Gasteiger partial charge in [0.1, 0.15) is 5.75 Å². The SMILES string of the molecule is Cc1cc(NC(=O)Oc2ccccc2)cc(C)c1Br. The van der Waals surface area contributed by atoms with E-state index in [-0.39, 0.29) is 0 Å². The summed E-state index contributed by atoms with van der Waals surface area (Å²) in [7, 11) is 0. The van der Waals surface area contributed by atoms with E-state index in [9.17, 15) is 4.79 Å². The van der Waals surface area contributed by atoms with Crippen LogP contribution in [-0.2, 0) is 0 Å². The fraction of sp³-hybridized carbons (Fsp3) is 0.133. The van der Waals surface area contributed by atoms with Crippen molar-refractivity contribution in [2.45, 2.75) is 13.8 Å². The van der Waals surface area contributed by atoms with Crippen LogP contribution < -0.4 is 10.1 Å². The highest BCUT2D eigenvalue weighted by molar-refractivity contribution is 9.10. The molecule has 2 aromatic carbocycles. The van der Waals surface area contributed by atoms with Crippen LogP contribution in [0.15, 0.2) is 46.9 Å². The number of halogens is 1.